The molecular weight excluding hydrogens is 280 g/mol. The average molecular weight is 304 g/mol. The molecule has 1 aromatic carbocycles. The number of hydrogen-bond donors (Lipinski definition) is 2. The van der Waals surface area contributed by atoms with Gasteiger partial charge >= 0.3 is 12.0 Å². The highest BCUT2D eigenvalue weighted by molar-refractivity contribution is 5.92. The first-order valence-corrected chi connectivity index (χ1v) is 8.05. The molecule has 1 aromatic rings. The van der Waals surface area contributed by atoms with Crippen molar-refractivity contribution in [2.75, 3.05) is 11.9 Å². The third kappa shape index (κ3) is 5.06. The van der Waals surface area contributed by atoms with E-state index < -0.39 is 0 Å². The summed E-state index contributed by atoms with van der Waals surface area (Å²) < 4.78 is 5.51. The summed E-state index contributed by atoms with van der Waals surface area (Å²) >= 11 is 0. The fourth-order valence-corrected chi connectivity index (χ4v) is 2.51. The molecule has 1 fully saturated rings. The van der Waals surface area contributed by atoms with Gasteiger partial charge in [-0.2, -0.15) is 0 Å². The van der Waals surface area contributed by atoms with E-state index in [1.165, 1.54) is 6.42 Å². The Labute approximate surface area is 131 Å². The Morgan fingerprint density at radius 2 is 1.82 bits per heavy atom. The molecule has 2 rings (SSSR count). The van der Waals surface area contributed by atoms with Crippen molar-refractivity contribution < 1.29 is 14.3 Å². The van der Waals surface area contributed by atoms with Crippen LogP contribution in [0, 0.1) is 0 Å². The van der Waals surface area contributed by atoms with E-state index in [1.807, 2.05) is 6.92 Å². The minimum Gasteiger partial charge on any atom is -0.459 e. The van der Waals surface area contributed by atoms with Gasteiger partial charge in [-0.05, 0) is 56.4 Å². The summed E-state index contributed by atoms with van der Waals surface area (Å²) in [7, 11) is 0. The van der Waals surface area contributed by atoms with Crippen LogP contribution >= 0.6 is 0 Å². The van der Waals surface area contributed by atoms with Gasteiger partial charge in [-0.25, -0.2) is 9.59 Å². The van der Waals surface area contributed by atoms with Gasteiger partial charge in [0.2, 0.25) is 0 Å². The number of urea groups is 1. The molecule has 1 aliphatic carbocycles. The Kier molecular flexibility index (Phi) is 6.25. The van der Waals surface area contributed by atoms with Gasteiger partial charge in [-0.15, -0.1) is 0 Å². The molecule has 0 atom stereocenters. The van der Waals surface area contributed by atoms with Gasteiger partial charge in [0.05, 0.1) is 5.56 Å². The highest BCUT2D eigenvalue weighted by atomic mass is 16.5. The van der Waals surface area contributed by atoms with Crippen LogP contribution in [-0.4, -0.2) is 24.6 Å². The standard InChI is InChI=1S/C17H24N2O3/c1-2-12-18-17(21)19-14-10-8-13(9-11-14)16(20)22-15-6-4-3-5-7-15/h8-11,15H,2-7,12H2,1H3,(H2,18,19,21). The largest absolute Gasteiger partial charge is 0.459 e. The number of rotatable bonds is 5. The normalized spacial score (nSPS) is 15.1. The number of esters is 1. The Morgan fingerprint density at radius 3 is 2.45 bits per heavy atom. The Hall–Kier alpha value is -2.04. The number of ether oxygens (including phenoxy) is 1. The first kappa shape index (κ1) is 16.3. The Bertz CT molecular complexity index is 493. The Balaban J connectivity index is 1.85. The van der Waals surface area contributed by atoms with Gasteiger partial charge in [0.15, 0.2) is 0 Å². The van der Waals surface area contributed by atoms with Crippen LogP contribution in [0.4, 0.5) is 10.5 Å². The minimum absolute atomic E-state index is 0.0545. The highest BCUT2D eigenvalue weighted by Gasteiger charge is 2.18. The maximum Gasteiger partial charge on any atom is 0.338 e. The molecule has 0 aliphatic heterocycles. The van der Waals surface area contributed by atoms with Crippen LogP contribution in [0.15, 0.2) is 24.3 Å². The molecule has 120 valence electrons. The average Bonchev–Trinajstić information content (AvgIpc) is 2.54. The molecular formula is C17H24N2O3. The van der Waals surface area contributed by atoms with Crippen molar-refractivity contribution in [1.82, 2.24) is 5.32 Å². The number of carbonyl (C=O) groups is 2. The molecule has 22 heavy (non-hydrogen) atoms. The lowest BCUT2D eigenvalue weighted by Crippen LogP contribution is -2.29. The van der Waals surface area contributed by atoms with Crippen LogP contribution in [0.25, 0.3) is 0 Å². The minimum atomic E-state index is -0.283. The van der Waals surface area contributed by atoms with Crippen LogP contribution in [0.1, 0.15) is 55.8 Å². The van der Waals surface area contributed by atoms with Gasteiger partial charge in [-0.3, -0.25) is 0 Å². The van der Waals surface area contributed by atoms with Crippen molar-refractivity contribution in [1.29, 1.82) is 0 Å². The topological polar surface area (TPSA) is 67.4 Å². The number of amides is 2. The zero-order valence-corrected chi connectivity index (χ0v) is 13.1. The van der Waals surface area contributed by atoms with Crippen LogP contribution in [0.3, 0.4) is 0 Å². The van der Waals surface area contributed by atoms with E-state index in [-0.39, 0.29) is 18.1 Å². The summed E-state index contributed by atoms with van der Waals surface area (Å²) in [6, 6.07) is 6.55. The third-order valence-electron chi connectivity index (χ3n) is 3.74. The van der Waals surface area contributed by atoms with Gasteiger partial charge in [0, 0.05) is 12.2 Å². The molecule has 0 saturated heterocycles. The van der Waals surface area contributed by atoms with Gasteiger partial charge in [0.1, 0.15) is 6.10 Å². The highest BCUT2D eigenvalue weighted by Crippen LogP contribution is 2.21. The van der Waals surface area contributed by atoms with Gasteiger partial charge < -0.3 is 15.4 Å². The SMILES string of the molecule is CCCNC(=O)Nc1ccc(C(=O)OC2CCCCC2)cc1. The number of hydrogen-bond acceptors (Lipinski definition) is 3. The molecule has 1 saturated carbocycles. The van der Waals surface area contributed by atoms with Crippen molar-refractivity contribution >= 4 is 17.7 Å². The quantitative estimate of drug-likeness (QED) is 0.815. The fraction of sp³-hybridized carbons (Fsp3) is 0.529. The van der Waals surface area contributed by atoms with E-state index in [0.29, 0.717) is 17.8 Å². The lowest BCUT2D eigenvalue weighted by atomic mass is 9.98. The number of anilines is 1. The maximum absolute atomic E-state index is 12.1. The zero-order valence-electron chi connectivity index (χ0n) is 13.1. The molecule has 5 nitrogen and oxygen atoms in total. The van der Waals surface area contributed by atoms with E-state index in [4.69, 9.17) is 4.74 Å². The monoisotopic (exact) mass is 304 g/mol. The molecule has 0 heterocycles. The number of nitrogens with one attached hydrogen (secondary N) is 2. The summed E-state index contributed by atoms with van der Waals surface area (Å²) in [6.07, 6.45) is 6.36. The second-order valence-electron chi connectivity index (χ2n) is 5.62. The van der Waals surface area contributed by atoms with Crippen molar-refractivity contribution in [3.05, 3.63) is 29.8 Å². The van der Waals surface area contributed by atoms with E-state index >= 15 is 0 Å². The van der Waals surface area contributed by atoms with Gasteiger partial charge in [0.25, 0.3) is 0 Å². The van der Waals surface area contributed by atoms with Crippen molar-refractivity contribution in [3.63, 3.8) is 0 Å². The predicted octanol–water partition coefficient (Wildman–Crippen LogP) is 3.71. The van der Waals surface area contributed by atoms with E-state index in [2.05, 4.69) is 10.6 Å². The molecule has 0 spiro atoms. The molecule has 0 bridgehead atoms. The third-order valence-corrected chi connectivity index (χ3v) is 3.74. The lowest BCUT2D eigenvalue weighted by molar-refractivity contribution is 0.0211. The van der Waals surface area contributed by atoms with Crippen molar-refractivity contribution in [2.45, 2.75) is 51.6 Å². The van der Waals surface area contributed by atoms with E-state index in [0.717, 1.165) is 32.1 Å². The smallest absolute Gasteiger partial charge is 0.338 e. The van der Waals surface area contributed by atoms with Crippen molar-refractivity contribution in [3.8, 4) is 0 Å². The summed E-state index contributed by atoms with van der Waals surface area (Å²) in [4.78, 5) is 23.6. The maximum atomic E-state index is 12.1. The Morgan fingerprint density at radius 1 is 1.14 bits per heavy atom. The fourth-order valence-electron chi connectivity index (χ4n) is 2.51. The van der Waals surface area contributed by atoms with E-state index in [9.17, 15) is 9.59 Å². The number of carbonyl (C=O) groups excluding carboxylic acids is 2. The molecule has 0 radical (unpaired) electrons. The number of benzene rings is 1. The van der Waals surface area contributed by atoms with E-state index in [1.54, 1.807) is 24.3 Å². The first-order valence-electron chi connectivity index (χ1n) is 8.05. The molecule has 5 heteroatoms. The molecule has 0 aromatic heterocycles. The zero-order chi connectivity index (χ0) is 15.8. The second kappa shape index (κ2) is 8.41. The molecule has 2 N–H and O–H groups in total. The second-order valence-corrected chi connectivity index (χ2v) is 5.62. The van der Waals surface area contributed by atoms with Crippen LogP contribution < -0.4 is 10.6 Å². The summed E-state index contributed by atoms with van der Waals surface area (Å²) in [5.74, 6) is -0.283. The molecule has 0 unspecified atom stereocenters. The van der Waals surface area contributed by atoms with Crippen LogP contribution in [0.5, 0.6) is 0 Å². The van der Waals surface area contributed by atoms with Gasteiger partial charge in [-0.1, -0.05) is 13.3 Å². The summed E-state index contributed by atoms with van der Waals surface area (Å²) in [5, 5.41) is 5.45. The summed E-state index contributed by atoms with van der Waals surface area (Å²) in [6.45, 7) is 2.63. The molecule has 1 aliphatic rings. The predicted molar refractivity (Wildman–Crippen MR) is 86.0 cm³/mol. The lowest BCUT2D eigenvalue weighted by Gasteiger charge is -2.21. The van der Waals surface area contributed by atoms with Crippen molar-refractivity contribution in [2.24, 2.45) is 0 Å². The first-order chi connectivity index (χ1) is 10.7. The molecule has 2 amide bonds. The summed E-state index contributed by atoms with van der Waals surface area (Å²) in [5.41, 5.74) is 1.17. The van der Waals surface area contributed by atoms with Crippen LogP contribution in [0.2, 0.25) is 0 Å². The van der Waals surface area contributed by atoms with Crippen LogP contribution in [-0.2, 0) is 4.74 Å².